The molecule has 5 aromatic rings. The summed E-state index contributed by atoms with van der Waals surface area (Å²) in [6, 6.07) is 15.3. The lowest BCUT2D eigenvalue weighted by Gasteiger charge is -2.32. The second-order valence-electron chi connectivity index (χ2n) is 12.5. The molecule has 11 heteroatoms. The van der Waals surface area contributed by atoms with Crippen LogP contribution in [0.3, 0.4) is 0 Å². The number of nitrogens with zero attached hydrogens (tertiary/aromatic N) is 4. The molecule has 45 heavy (non-hydrogen) atoms. The molecule has 0 saturated heterocycles. The minimum atomic E-state index is -0.913. The van der Waals surface area contributed by atoms with Gasteiger partial charge in [0.25, 0.3) is 5.56 Å². The molecule has 0 amide bonds. The smallest absolute Gasteiger partial charge is 0.388 e. The van der Waals surface area contributed by atoms with Crippen LogP contribution in [0.25, 0.3) is 28.2 Å². The van der Waals surface area contributed by atoms with E-state index in [4.69, 9.17) is 9.26 Å². The fraction of sp³-hybridized carbons (Fsp3) is 0.412. The molecule has 2 aromatic carbocycles. The lowest BCUT2D eigenvalue weighted by atomic mass is 9.92. The van der Waals surface area contributed by atoms with E-state index in [1.807, 2.05) is 55.5 Å². The number of aromatic nitrogens is 5. The van der Waals surface area contributed by atoms with Crippen LogP contribution in [-0.2, 0) is 17.6 Å². The van der Waals surface area contributed by atoms with Crippen molar-refractivity contribution in [3.63, 3.8) is 0 Å². The van der Waals surface area contributed by atoms with Crippen LogP contribution >= 0.6 is 0 Å². The van der Waals surface area contributed by atoms with Crippen molar-refractivity contribution in [2.24, 2.45) is 0 Å². The highest BCUT2D eigenvalue weighted by Crippen LogP contribution is 2.33. The lowest BCUT2D eigenvalue weighted by Crippen LogP contribution is -2.36. The van der Waals surface area contributed by atoms with Gasteiger partial charge in [-0.05, 0) is 62.6 Å². The van der Waals surface area contributed by atoms with E-state index in [1.54, 1.807) is 22.9 Å². The van der Waals surface area contributed by atoms with Crippen molar-refractivity contribution in [3.05, 3.63) is 98.3 Å². The lowest BCUT2D eigenvalue weighted by molar-refractivity contribution is -0.0654. The fourth-order valence-corrected chi connectivity index (χ4v) is 6.32. The molecule has 0 spiro atoms. The first kappa shape index (κ1) is 30.7. The van der Waals surface area contributed by atoms with E-state index in [0.29, 0.717) is 49.9 Å². The molecule has 0 atom stereocenters. The summed E-state index contributed by atoms with van der Waals surface area (Å²) in [6.07, 6.45) is 5.66. The maximum Gasteiger partial charge on any atom is 0.439 e. The van der Waals surface area contributed by atoms with Crippen LogP contribution in [0.2, 0.25) is 0 Å². The maximum absolute atomic E-state index is 15.3. The Kier molecular flexibility index (Phi) is 8.56. The van der Waals surface area contributed by atoms with Gasteiger partial charge in [0, 0.05) is 23.6 Å². The van der Waals surface area contributed by atoms with E-state index in [2.05, 4.69) is 15.2 Å². The SMILES string of the molecule is CCCc1c(Cc2ccc(-c3ccccc3-c3noc(=O)[nH]3)cc2)c(=O)n([C@H]2CC[C@H](OCC(C)(C)O)CC2)c2c(F)cnn12. The first-order chi connectivity index (χ1) is 21.6. The molecule has 2 N–H and O–H groups in total. The molecule has 3 heterocycles. The molecule has 236 valence electrons. The van der Waals surface area contributed by atoms with Gasteiger partial charge in [0.05, 0.1) is 30.2 Å². The highest BCUT2D eigenvalue weighted by molar-refractivity contribution is 5.80. The van der Waals surface area contributed by atoms with Gasteiger partial charge in [-0.1, -0.05) is 67.0 Å². The number of benzene rings is 2. The van der Waals surface area contributed by atoms with Crippen molar-refractivity contribution in [3.8, 4) is 22.5 Å². The normalized spacial score (nSPS) is 17.3. The van der Waals surface area contributed by atoms with Crippen molar-refractivity contribution < 1.29 is 18.8 Å². The molecular weight excluding hydrogens is 577 g/mol. The summed E-state index contributed by atoms with van der Waals surface area (Å²) in [4.78, 5) is 28.5. The zero-order valence-corrected chi connectivity index (χ0v) is 25.8. The number of rotatable bonds is 10. The second-order valence-corrected chi connectivity index (χ2v) is 12.5. The molecular formula is C34H38FN5O5. The Hall–Kier alpha value is -4.35. The molecule has 1 aliphatic rings. The Bertz CT molecular complexity index is 1910. The monoisotopic (exact) mass is 615 g/mol. The highest BCUT2D eigenvalue weighted by atomic mass is 19.1. The number of ether oxygens (including phenoxy) is 1. The van der Waals surface area contributed by atoms with E-state index in [9.17, 15) is 14.7 Å². The van der Waals surface area contributed by atoms with Crippen LogP contribution < -0.4 is 11.3 Å². The third-order valence-electron chi connectivity index (χ3n) is 8.45. The third kappa shape index (κ3) is 6.41. The molecule has 6 rings (SSSR count). The van der Waals surface area contributed by atoms with Crippen LogP contribution in [0.4, 0.5) is 4.39 Å². The summed E-state index contributed by atoms with van der Waals surface area (Å²) >= 11 is 0. The van der Waals surface area contributed by atoms with Crippen LogP contribution in [0.5, 0.6) is 0 Å². The molecule has 0 radical (unpaired) electrons. The first-order valence-corrected chi connectivity index (χ1v) is 15.5. The third-order valence-corrected chi connectivity index (χ3v) is 8.45. The van der Waals surface area contributed by atoms with Gasteiger partial charge in [0.1, 0.15) is 0 Å². The van der Waals surface area contributed by atoms with Crippen molar-refractivity contribution in [2.45, 2.75) is 83.5 Å². The number of aromatic amines is 1. The van der Waals surface area contributed by atoms with Crippen LogP contribution in [-0.4, -0.2) is 47.7 Å². The van der Waals surface area contributed by atoms with Crippen molar-refractivity contribution >= 4 is 5.65 Å². The van der Waals surface area contributed by atoms with Gasteiger partial charge < -0.3 is 9.84 Å². The van der Waals surface area contributed by atoms with Crippen molar-refractivity contribution in [2.75, 3.05) is 6.61 Å². The predicted octanol–water partition coefficient (Wildman–Crippen LogP) is 5.46. The number of fused-ring (bicyclic) bond motifs is 1. The topological polar surface area (TPSA) is 128 Å². The summed E-state index contributed by atoms with van der Waals surface area (Å²) in [7, 11) is 0. The van der Waals surface area contributed by atoms with Gasteiger partial charge in [-0.15, -0.1) is 0 Å². The Balaban J connectivity index is 1.33. The quantitative estimate of drug-likeness (QED) is 0.214. The average molecular weight is 616 g/mol. The molecule has 1 aliphatic carbocycles. The van der Waals surface area contributed by atoms with E-state index < -0.39 is 17.2 Å². The molecule has 3 aromatic heterocycles. The largest absolute Gasteiger partial charge is 0.439 e. The van der Waals surface area contributed by atoms with Gasteiger partial charge in [-0.25, -0.2) is 13.7 Å². The Morgan fingerprint density at radius 3 is 2.42 bits per heavy atom. The summed E-state index contributed by atoms with van der Waals surface area (Å²) in [5.41, 5.74) is 3.91. The Labute approximate surface area is 259 Å². The van der Waals surface area contributed by atoms with Crippen LogP contribution in [0, 0.1) is 5.82 Å². The van der Waals surface area contributed by atoms with Crippen molar-refractivity contribution in [1.29, 1.82) is 0 Å². The molecule has 1 saturated carbocycles. The standard InChI is InChI=1S/C34H38FN5O5/c1-4-7-29-27(18-21-10-12-22(13-11-21)25-8-5-6-9-26(25)30-37-33(42)45-38-30)32(41)39(31-28(35)19-36-40(29)31)23-14-16-24(17-15-23)44-20-34(2,3)43/h5-6,8-13,19,23-24,43H,4,7,14-18,20H2,1-3H3,(H,37,38,42)/t23-,24-. The second kappa shape index (κ2) is 12.6. The summed E-state index contributed by atoms with van der Waals surface area (Å²) < 4.78 is 29.2. The molecule has 0 bridgehead atoms. The molecule has 0 unspecified atom stereocenters. The summed E-state index contributed by atoms with van der Waals surface area (Å²) in [5.74, 6) is -0.778. The average Bonchev–Trinajstić information content (AvgIpc) is 3.64. The molecule has 0 aliphatic heterocycles. The van der Waals surface area contributed by atoms with E-state index >= 15 is 4.39 Å². The van der Waals surface area contributed by atoms with Gasteiger partial charge in [-0.2, -0.15) is 5.10 Å². The minimum Gasteiger partial charge on any atom is -0.388 e. The number of aryl methyl sites for hydroxylation is 1. The molecule has 1 fully saturated rings. The number of halogens is 1. The van der Waals surface area contributed by atoms with Gasteiger partial charge >= 0.3 is 5.76 Å². The summed E-state index contributed by atoms with van der Waals surface area (Å²) in [5, 5.41) is 18.3. The van der Waals surface area contributed by atoms with Crippen molar-refractivity contribution in [1.82, 2.24) is 24.3 Å². The predicted molar refractivity (Wildman–Crippen MR) is 168 cm³/mol. The number of nitrogens with one attached hydrogen (secondary N) is 1. The molecule has 10 nitrogen and oxygen atoms in total. The number of H-pyrrole nitrogens is 1. The zero-order chi connectivity index (χ0) is 31.7. The van der Waals surface area contributed by atoms with Crippen LogP contribution in [0.1, 0.15) is 75.7 Å². The van der Waals surface area contributed by atoms with E-state index in [0.717, 1.165) is 34.4 Å². The Morgan fingerprint density at radius 1 is 1.07 bits per heavy atom. The Morgan fingerprint density at radius 2 is 1.78 bits per heavy atom. The van der Waals surface area contributed by atoms with Gasteiger partial charge in [0.15, 0.2) is 17.3 Å². The van der Waals surface area contributed by atoms with E-state index in [-0.39, 0.29) is 30.0 Å². The zero-order valence-electron chi connectivity index (χ0n) is 25.8. The van der Waals surface area contributed by atoms with E-state index in [1.165, 1.54) is 6.20 Å². The minimum absolute atomic E-state index is 0.0128. The highest BCUT2D eigenvalue weighted by Gasteiger charge is 2.30. The number of hydrogen-bond donors (Lipinski definition) is 2. The maximum atomic E-state index is 15.3. The fourth-order valence-electron chi connectivity index (χ4n) is 6.32. The van der Waals surface area contributed by atoms with Gasteiger partial charge in [-0.3, -0.25) is 18.9 Å². The number of aliphatic hydroxyl groups is 1. The summed E-state index contributed by atoms with van der Waals surface area (Å²) in [6.45, 7) is 5.70. The first-order valence-electron chi connectivity index (χ1n) is 15.5. The number of hydrogen-bond acceptors (Lipinski definition) is 7. The van der Waals surface area contributed by atoms with Gasteiger partial charge in [0.2, 0.25) is 0 Å². The van der Waals surface area contributed by atoms with Crippen LogP contribution in [0.15, 0.2) is 68.8 Å².